The largest absolute Gasteiger partial charge is 0.475 e. The minimum atomic E-state index is -0.320. The smallest absolute Gasteiger partial charge is 0.257 e. The van der Waals surface area contributed by atoms with E-state index in [2.05, 4.69) is 9.97 Å². The lowest BCUT2D eigenvalue weighted by atomic mass is 10.1. The third-order valence-electron chi connectivity index (χ3n) is 2.17. The topological polar surface area (TPSA) is 61.0 Å². The first-order chi connectivity index (χ1) is 8.20. The summed E-state index contributed by atoms with van der Waals surface area (Å²) in [5, 5.41) is 0. The molecule has 0 saturated heterocycles. The van der Waals surface area contributed by atoms with Crippen LogP contribution in [0.4, 0.5) is 10.2 Å². The van der Waals surface area contributed by atoms with E-state index in [1.807, 2.05) is 6.92 Å². The van der Waals surface area contributed by atoms with Crippen molar-refractivity contribution >= 4 is 5.82 Å². The van der Waals surface area contributed by atoms with Gasteiger partial charge in [0.05, 0.1) is 18.5 Å². The quantitative estimate of drug-likeness (QED) is 0.883. The van der Waals surface area contributed by atoms with Crippen LogP contribution in [0, 0.1) is 5.82 Å². The number of nitrogen functional groups attached to an aromatic ring is 1. The van der Waals surface area contributed by atoms with Crippen molar-refractivity contribution in [2.45, 2.75) is 6.92 Å². The van der Waals surface area contributed by atoms with Crippen LogP contribution in [0.3, 0.4) is 0 Å². The molecule has 2 N–H and O–H groups in total. The summed E-state index contributed by atoms with van der Waals surface area (Å²) in [4.78, 5) is 8.17. The monoisotopic (exact) mass is 233 g/mol. The van der Waals surface area contributed by atoms with E-state index >= 15 is 0 Å². The molecule has 4 nitrogen and oxygen atoms in total. The molecule has 0 fully saturated rings. The summed E-state index contributed by atoms with van der Waals surface area (Å²) in [5.74, 6) is 0.181. The molecule has 0 saturated carbocycles. The second-order valence-corrected chi connectivity index (χ2v) is 3.39. The number of nitrogens with zero attached hydrogens (tertiary/aromatic N) is 2. The van der Waals surface area contributed by atoms with Crippen LogP contribution < -0.4 is 10.5 Å². The van der Waals surface area contributed by atoms with Gasteiger partial charge in [0.2, 0.25) is 0 Å². The van der Waals surface area contributed by atoms with E-state index in [0.717, 1.165) is 0 Å². The molecule has 0 amide bonds. The van der Waals surface area contributed by atoms with Crippen molar-refractivity contribution in [3.8, 4) is 17.1 Å². The Labute approximate surface area is 98.3 Å². The second-order valence-electron chi connectivity index (χ2n) is 3.39. The summed E-state index contributed by atoms with van der Waals surface area (Å²) in [6.45, 7) is 2.28. The molecule has 0 unspecified atom stereocenters. The van der Waals surface area contributed by atoms with Gasteiger partial charge in [-0.2, -0.15) is 0 Å². The van der Waals surface area contributed by atoms with E-state index in [4.69, 9.17) is 10.5 Å². The average molecular weight is 233 g/mol. The molecule has 0 radical (unpaired) electrons. The zero-order valence-corrected chi connectivity index (χ0v) is 9.35. The number of aromatic nitrogens is 2. The zero-order chi connectivity index (χ0) is 12.3. The highest BCUT2D eigenvalue weighted by Crippen LogP contribution is 2.22. The van der Waals surface area contributed by atoms with Crippen molar-refractivity contribution < 1.29 is 9.13 Å². The maximum Gasteiger partial charge on any atom is 0.257 e. The van der Waals surface area contributed by atoms with Gasteiger partial charge in [-0.3, -0.25) is 0 Å². The van der Waals surface area contributed by atoms with Crippen molar-refractivity contribution in [1.29, 1.82) is 0 Å². The molecule has 1 aromatic carbocycles. The van der Waals surface area contributed by atoms with Gasteiger partial charge in [-0.05, 0) is 19.1 Å². The maximum atomic E-state index is 13.1. The Kier molecular flexibility index (Phi) is 3.18. The molecular weight excluding hydrogens is 221 g/mol. The fourth-order valence-electron chi connectivity index (χ4n) is 1.41. The molecule has 2 rings (SSSR count). The number of anilines is 1. The van der Waals surface area contributed by atoms with E-state index in [0.29, 0.717) is 17.9 Å². The normalized spacial score (nSPS) is 10.2. The van der Waals surface area contributed by atoms with Crippen molar-refractivity contribution in [1.82, 2.24) is 9.97 Å². The van der Waals surface area contributed by atoms with Gasteiger partial charge in [-0.15, -0.1) is 0 Å². The fourth-order valence-corrected chi connectivity index (χ4v) is 1.41. The first-order valence-electron chi connectivity index (χ1n) is 5.22. The van der Waals surface area contributed by atoms with Gasteiger partial charge < -0.3 is 10.5 Å². The number of nitrogens with two attached hydrogens (primary N) is 1. The molecule has 0 bridgehead atoms. The summed E-state index contributed by atoms with van der Waals surface area (Å²) in [6, 6.07) is 6.12. The number of hydrogen-bond acceptors (Lipinski definition) is 4. The van der Waals surface area contributed by atoms with E-state index < -0.39 is 0 Å². The van der Waals surface area contributed by atoms with E-state index in [1.54, 1.807) is 12.1 Å². The van der Waals surface area contributed by atoms with Gasteiger partial charge in [0.1, 0.15) is 5.82 Å². The molecule has 1 heterocycles. The number of ether oxygens (including phenoxy) is 1. The molecule has 5 heteroatoms. The summed E-state index contributed by atoms with van der Waals surface area (Å²) in [6.07, 6.45) is 1.49. The molecule has 0 atom stereocenters. The van der Waals surface area contributed by atoms with Crippen molar-refractivity contribution in [2.75, 3.05) is 12.3 Å². The van der Waals surface area contributed by atoms with Crippen LogP contribution in [0.1, 0.15) is 6.92 Å². The Morgan fingerprint density at radius 1 is 1.41 bits per heavy atom. The Bertz CT molecular complexity index is 531. The summed E-state index contributed by atoms with van der Waals surface area (Å²) < 4.78 is 18.3. The van der Waals surface area contributed by atoms with Crippen LogP contribution in [0.2, 0.25) is 0 Å². The molecule has 0 spiro atoms. The lowest BCUT2D eigenvalue weighted by Crippen LogP contribution is -2.02. The van der Waals surface area contributed by atoms with Crippen LogP contribution in [0.25, 0.3) is 11.3 Å². The second kappa shape index (κ2) is 4.78. The predicted octanol–water partition coefficient (Wildman–Crippen LogP) is 2.26. The molecule has 1 aromatic heterocycles. The molecule has 17 heavy (non-hydrogen) atoms. The maximum absolute atomic E-state index is 13.1. The van der Waals surface area contributed by atoms with Gasteiger partial charge in [0, 0.05) is 5.56 Å². The Morgan fingerprint density at radius 2 is 2.24 bits per heavy atom. The molecule has 88 valence electrons. The first-order valence-corrected chi connectivity index (χ1v) is 5.22. The van der Waals surface area contributed by atoms with Crippen molar-refractivity contribution in [2.24, 2.45) is 0 Å². The van der Waals surface area contributed by atoms with Crippen LogP contribution in [0.15, 0.2) is 30.5 Å². The third kappa shape index (κ3) is 2.50. The van der Waals surface area contributed by atoms with Crippen LogP contribution >= 0.6 is 0 Å². The Morgan fingerprint density at radius 3 is 2.94 bits per heavy atom. The van der Waals surface area contributed by atoms with Gasteiger partial charge in [0.15, 0.2) is 5.82 Å². The van der Waals surface area contributed by atoms with Crippen LogP contribution in [0.5, 0.6) is 5.88 Å². The van der Waals surface area contributed by atoms with Gasteiger partial charge in [0.25, 0.3) is 5.88 Å². The fraction of sp³-hybridized carbons (Fsp3) is 0.167. The number of benzene rings is 1. The zero-order valence-electron chi connectivity index (χ0n) is 9.35. The highest BCUT2D eigenvalue weighted by molar-refractivity contribution is 5.60. The molecule has 0 aliphatic carbocycles. The Balaban J connectivity index is 2.42. The third-order valence-corrected chi connectivity index (χ3v) is 2.17. The van der Waals surface area contributed by atoms with E-state index in [-0.39, 0.29) is 17.5 Å². The van der Waals surface area contributed by atoms with Gasteiger partial charge in [-0.25, -0.2) is 14.4 Å². The first kappa shape index (κ1) is 11.3. The average Bonchev–Trinajstić information content (AvgIpc) is 2.32. The standard InChI is InChI=1S/C12H12FN3O/c1-2-17-12-11(14)15-7-10(16-12)8-4-3-5-9(13)6-8/h3-7H,2H2,1H3,(H2,14,15). The number of hydrogen-bond donors (Lipinski definition) is 1. The SMILES string of the molecule is CCOc1nc(-c2cccc(F)c2)cnc1N. The minimum absolute atomic E-state index is 0.229. The van der Waals surface area contributed by atoms with E-state index in [9.17, 15) is 4.39 Å². The van der Waals surface area contributed by atoms with Crippen LogP contribution in [-0.2, 0) is 0 Å². The predicted molar refractivity (Wildman–Crippen MR) is 63.0 cm³/mol. The molecule has 0 aliphatic heterocycles. The Hall–Kier alpha value is -2.17. The molecule has 0 aliphatic rings. The van der Waals surface area contributed by atoms with Crippen molar-refractivity contribution in [3.05, 3.63) is 36.3 Å². The highest BCUT2D eigenvalue weighted by atomic mass is 19.1. The van der Waals surface area contributed by atoms with Crippen molar-refractivity contribution in [3.63, 3.8) is 0 Å². The lowest BCUT2D eigenvalue weighted by Gasteiger charge is -2.07. The van der Waals surface area contributed by atoms with Gasteiger partial charge >= 0.3 is 0 Å². The summed E-state index contributed by atoms with van der Waals surface area (Å²) >= 11 is 0. The molecule has 2 aromatic rings. The minimum Gasteiger partial charge on any atom is -0.475 e. The van der Waals surface area contributed by atoms with Gasteiger partial charge in [-0.1, -0.05) is 12.1 Å². The summed E-state index contributed by atoms with van der Waals surface area (Å²) in [5.41, 5.74) is 6.78. The van der Waals surface area contributed by atoms with E-state index in [1.165, 1.54) is 18.3 Å². The highest BCUT2D eigenvalue weighted by Gasteiger charge is 2.07. The summed E-state index contributed by atoms with van der Waals surface area (Å²) in [7, 11) is 0. The lowest BCUT2D eigenvalue weighted by molar-refractivity contribution is 0.328. The number of rotatable bonds is 3. The number of halogens is 1. The van der Waals surface area contributed by atoms with Crippen LogP contribution in [-0.4, -0.2) is 16.6 Å². The molecular formula is C12H12FN3O.